The molecule has 17 heavy (non-hydrogen) atoms. The van der Waals surface area contributed by atoms with Crippen molar-refractivity contribution in [3.63, 3.8) is 0 Å². The van der Waals surface area contributed by atoms with Gasteiger partial charge in [0.2, 0.25) is 0 Å². The fourth-order valence-corrected chi connectivity index (χ4v) is 2.41. The third-order valence-electron chi connectivity index (χ3n) is 3.55. The Bertz CT molecular complexity index is 395. The second-order valence-electron chi connectivity index (χ2n) is 4.72. The number of ether oxygens (including phenoxy) is 1. The first-order valence-corrected chi connectivity index (χ1v) is 6.02. The molecule has 1 amide bonds. The van der Waals surface area contributed by atoms with Crippen LogP contribution in [0.15, 0.2) is 30.3 Å². The molecule has 0 spiro atoms. The fraction of sp³-hybridized carbons (Fsp3) is 0.462. The molecule has 2 aliphatic heterocycles. The molecule has 3 rings (SSSR count). The van der Waals surface area contributed by atoms with E-state index in [2.05, 4.69) is 5.32 Å². The van der Waals surface area contributed by atoms with Gasteiger partial charge in [-0.1, -0.05) is 30.3 Å². The highest BCUT2D eigenvalue weighted by molar-refractivity contribution is 5.68. The zero-order valence-corrected chi connectivity index (χ0v) is 9.63. The van der Waals surface area contributed by atoms with E-state index in [9.17, 15) is 4.79 Å². The van der Waals surface area contributed by atoms with Crippen molar-refractivity contribution in [2.24, 2.45) is 5.92 Å². The second kappa shape index (κ2) is 4.37. The molecular weight excluding hydrogens is 216 g/mol. The molecule has 0 radical (unpaired) electrons. The van der Waals surface area contributed by atoms with E-state index in [1.807, 2.05) is 30.3 Å². The van der Waals surface area contributed by atoms with Crippen molar-refractivity contribution in [2.45, 2.75) is 12.6 Å². The van der Waals surface area contributed by atoms with Gasteiger partial charge < -0.3 is 15.0 Å². The number of hydrogen-bond acceptors (Lipinski definition) is 3. The van der Waals surface area contributed by atoms with E-state index >= 15 is 0 Å². The van der Waals surface area contributed by atoms with Crippen LogP contribution < -0.4 is 5.32 Å². The standard InChI is InChI=1S/C13H16N2O2/c16-13(15-7-11-6-14-12(11)8-15)17-9-10-4-2-1-3-5-10/h1-5,11-12,14H,6-9H2. The fourth-order valence-electron chi connectivity index (χ4n) is 2.41. The molecule has 0 bridgehead atoms. The monoisotopic (exact) mass is 232 g/mol. The Balaban J connectivity index is 1.51. The van der Waals surface area contributed by atoms with Crippen LogP contribution in [0, 0.1) is 5.92 Å². The van der Waals surface area contributed by atoms with Crippen LogP contribution in [-0.4, -0.2) is 36.7 Å². The second-order valence-corrected chi connectivity index (χ2v) is 4.72. The molecular formula is C13H16N2O2. The van der Waals surface area contributed by atoms with Crippen molar-refractivity contribution in [1.82, 2.24) is 10.2 Å². The van der Waals surface area contributed by atoms with Crippen LogP contribution >= 0.6 is 0 Å². The summed E-state index contributed by atoms with van der Waals surface area (Å²) in [4.78, 5) is 13.6. The summed E-state index contributed by atoms with van der Waals surface area (Å²) in [5.74, 6) is 0.638. The van der Waals surface area contributed by atoms with Gasteiger partial charge in [-0.3, -0.25) is 0 Å². The molecule has 2 unspecified atom stereocenters. The van der Waals surface area contributed by atoms with Crippen molar-refractivity contribution in [2.75, 3.05) is 19.6 Å². The quantitative estimate of drug-likeness (QED) is 0.833. The molecule has 1 aromatic carbocycles. The number of likely N-dealkylation sites (tertiary alicyclic amines) is 1. The highest BCUT2D eigenvalue weighted by Gasteiger charge is 2.41. The lowest BCUT2D eigenvalue weighted by Crippen LogP contribution is -2.51. The Hall–Kier alpha value is -1.55. The third kappa shape index (κ3) is 2.13. The highest BCUT2D eigenvalue weighted by atomic mass is 16.6. The molecule has 1 aromatic rings. The van der Waals surface area contributed by atoms with Crippen LogP contribution in [0.3, 0.4) is 0 Å². The number of fused-ring (bicyclic) bond motifs is 1. The Morgan fingerprint density at radius 3 is 2.76 bits per heavy atom. The Kier molecular flexibility index (Phi) is 2.73. The largest absolute Gasteiger partial charge is 0.445 e. The Morgan fingerprint density at radius 2 is 2.18 bits per heavy atom. The van der Waals surface area contributed by atoms with Gasteiger partial charge >= 0.3 is 6.09 Å². The van der Waals surface area contributed by atoms with Gasteiger partial charge in [-0.2, -0.15) is 0 Å². The summed E-state index contributed by atoms with van der Waals surface area (Å²) in [6.45, 7) is 3.02. The van der Waals surface area contributed by atoms with Crippen molar-refractivity contribution in [1.29, 1.82) is 0 Å². The average Bonchev–Trinajstić information content (AvgIpc) is 2.64. The summed E-state index contributed by atoms with van der Waals surface area (Å²) < 4.78 is 5.30. The van der Waals surface area contributed by atoms with Crippen LogP contribution in [-0.2, 0) is 11.3 Å². The van der Waals surface area contributed by atoms with Gasteiger partial charge in [0.05, 0.1) is 0 Å². The van der Waals surface area contributed by atoms with Crippen LogP contribution in [0.4, 0.5) is 4.79 Å². The zero-order chi connectivity index (χ0) is 11.7. The molecule has 0 aliphatic carbocycles. The van der Waals surface area contributed by atoms with Gasteiger partial charge in [-0.15, -0.1) is 0 Å². The number of amides is 1. The minimum absolute atomic E-state index is 0.190. The molecule has 4 nitrogen and oxygen atoms in total. The van der Waals surface area contributed by atoms with Crippen molar-refractivity contribution >= 4 is 6.09 Å². The summed E-state index contributed by atoms with van der Waals surface area (Å²) >= 11 is 0. The number of carbonyl (C=O) groups is 1. The number of rotatable bonds is 2. The molecule has 4 heteroatoms. The minimum atomic E-state index is -0.190. The summed E-state index contributed by atoms with van der Waals surface area (Å²) in [6, 6.07) is 10.3. The first-order valence-electron chi connectivity index (χ1n) is 6.02. The average molecular weight is 232 g/mol. The smallest absolute Gasteiger partial charge is 0.410 e. The minimum Gasteiger partial charge on any atom is -0.445 e. The lowest BCUT2D eigenvalue weighted by Gasteiger charge is -2.29. The molecule has 2 saturated heterocycles. The number of nitrogens with one attached hydrogen (secondary N) is 1. The van der Waals surface area contributed by atoms with Gasteiger partial charge in [0.1, 0.15) is 6.61 Å². The van der Waals surface area contributed by atoms with Crippen LogP contribution in [0.25, 0.3) is 0 Å². The molecule has 2 fully saturated rings. The lowest BCUT2D eigenvalue weighted by atomic mass is 9.96. The summed E-state index contributed by atoms with van der Waals surface area (Å²) in [7, 11) is 0. The highest BCUT2D eigenvalue weighted by Crippen LogP contribution is 2.23. The van der Waals surface area contributed by atoms with E-state index < -0.39 is 0 Å². The predicted octanol–water partition coefficient (Wildman–Crippen LogP) is 1.23. The lowest BCUT2D eigenvalue weighted by molar-refractivity contribution is 0.103. The summed E-state index contributed by atoms with van der Waals surface area (Å²) in [6.07, 6.45) is -0.190. The van der Waals surface area contributed by atoms with Gasteiger partial charge in [0, 0.05) is 31.6 Å². The van der Waals surface area contributed by atoms with E-state index in [4.69, 9.17) is 4.74 Å². The van der Waals surface area contributed by atoms with Crippen molar-refractivity contribution in [3.8, 4) is 0 Å². The molecule has 0 aromatic heterocycles. The maximum atomic E-state index is 11.8. The van der Waals surface area contributed by atoms with Crippen LogP contribution in [0.5, 0.6) is 0 Å². The summed E-state index contributed by atoms with van der Waals surface area (Å²) in [5.41, 5.74) is 1.03. The maximum Gasteiger partial charge on any atom is 0.410 e. The third-order valence-corrected chi connectivity index (χ3v) is 3.55. The van der Waals surface area contributed by atoms with E-state index in [1.54, 1.807) is 4.90 Å². The van der Waals surface area contributed by atoms with Crippen molar-refractivity contribution in [3.05, 3.63) is 35.9 Å². The molecule has 2 aliphatic rings. The predicted molar refractivity (Wildman–Crippen MR) is 63.5 cm³/mol. The topological polar surface area (TPSA) is 41.6 Å². The number of carbonyl (C=O) groups excluding carboxylic acids is 1. The molecule has 90 valence electrons. The normalized spacial score (nSPS) is 26.2. The Labute approximate surface area is 101 Å². The first kappa shape index (κ1) is 10.6. The van der Waals surface area contributed by atoms with Gasteiger partial charge in [0.25, 0.3) is 0 Å². The maximum absolute atomic E-state index is 11.8. The molecule has 2 heterocycles. The number of nitrogens with zero attached hydrogens (tertiary/aromatic N) is 1. The molecule has 0 saturated carbocycles. The number of benzene rings is 1. The number of hydrogen-bond donors (Lipinski definition) is 1. The first-order chi connectivity index (χ1) is 8.33. The van der Waals surface area contributed by atoms with Gasteiger partial charge in [-0.25, -0.2) is 4.79 Å². The van der Waals surface area contributed by atoms with E-state index in [0.29, 0.717) is 18.6 Å². The van der Waals surface area contributed by atoms with E-state index in [-0.39, 0.29) is 6.09 Å². The summed E-state index contributed by atoms with van der Waals surface area (Å²) in [5, 5.41) is 3.32. The van der Waals surface area contributed by atoms with Crippen LogP contribution in [0.2, 0.25) is 0 Å². The van der Waals surface area contributed by atoms with Gasteiger partial charge in [0.15, 0.2) is 0 Å². The van der Waals surface area contributed by atoms with E-state index in [0.717, 1.165) is 25.2 Å². The molecule has 2 atom stereocenters. The molecule has 1 N–H and O–H groups in total. The SMILES string of the molecule is O=C(OCc1ccccc1)N1CC2CNC2C1. The van der Waals surface area contributed by atoms with E-state index in [1.165, 1.54) is 0 Å². The van der Waals surface area contributed by atoms with Crippen LogP contribution in [0.1, 0.15) is 5.56 Å². The van der Waals surface area contributed by atoms with Gasteiger partial charge in [-0.05, 0) is 5.56 Å². The van der Waals surface area contributed by atoms with Crippen molar-refractivity contribution < 1.29 is 9.53 Å². The zero-order valence-electron chi connectivity index (χ0n) is 9.63. The Morgan fingerprint density at radius 1 is 1.35 bits per heavy atom.